The Morgan fingerprint density at radius 1 is 1.10 bits per heavy atom. The van der Waals surface area contributed by atoms with Crippen molar-refractivity contribution in [2.45, 2.75) is 19.8 Å². The number of nitrogens with zero attached hydrogens (tertiary/aromatic N) is 1. The Morgan fingerprint density at radius 3 is 2.45 bits per heavy atom. The number of imidazole rings is 1. The van der Waals surface area contributed by atoms with Crippen LogP contribution in [0.1, 0.15) is 25.3 Å². The highest BCUT2D eigenvalue weighted by Gasteiger charge is 2.09. The summed E-state index contributed by atoms with van der Waals surface area (Å²) in [4.78, 5) is 2.93. The molecule has 0 atom stereocenters. The molecule has 20 heavy (non-hydrogen) atoms. The van der Waals surface area contributed by atoms with Gasteiger partial charge in [0.05, 0.1) is 5.52 Å². The van der Waals surface area contributed by atoms with Crippen LogP contribution in [-0.2, 0) is 0 Å². The van der Waals surface area contributed by atoms with Crippen LogP contribution in [0.15, 0.2) is 42.5 Å². The van der Waals surface area contributed by atoms with E-state index in [2.05, 4.69) is 31.0 Å². The largest absolute Gasteiger partial charge is 0.328 e. The minimum atomic E-state index is -0.286. The maximum absolute atomic E-state index is 13.8. The minimum absolute atomic E-state index is 0.286. The van der Waals surface area contributed by atoms with Gasteiger partial charge in [0.25, 0.3) is 0 Å². The van der Waals surface area contributed by atoms with Gasteiger partial charge in [-0.25, -0.2) is 4.39 Å². The first kappa shape index (κ1) is 13.1. The van der Waals surface area contributed by atoms with Crippen molar-refractivity contribution in [1.29, 1.82) is 0 Å². The van der Waals surface area contributed by atoms with Crippen molar-refractivity contribution in [3.63, 3.8) is 0 Å². The highest BCUT2D eigenvalue weighted by molar-refractivity contribution is 7.71. The second-order valence-electron chi connectivity index (χ2n) is 5.15. The van der Waals surface area contributed by atoms with Crippen LogP contribution >= 0.6 is 12.2 Å². The molecule has 0 bridgehead atoms. The summed E-state index contributed by atoms with van der Waals surface area (Å²) in [6.45, 7) is 4.31. The molecule has 0 aliphatic heterocycles. The van der Waals surface area contributed by atoms with Crippen LogP contribution < -0.4 is 0 Å². The maximum atomic E-state index is 13.8. The van der Waals surface area contributed by atoms with Gasteiger partial charge in [0.1, 0.15) is 11.3 Å². The summed E-state index contributed by atoms with van der Waals surface area (Å²) in [5, 5.41) is 0. The van der Waals surface area contributed by atoms with Gasteiger partial charge in [-0.15, -0.1) is 0 Å². The second kappa shape index (κ2) is 4.87. The van der Waals surface area contributed by atoms with Gasteiger partial charge < -0.3 is 4.98 Å². The van der Waals surface area contributed by atoms with Crippen LogP contribution in [0, 0.1) is 10.6 Å². The molecular formula is C16H15FN2S. The Morgan fingerprint density at radius 2 is 1.80 bits per heavy atom. The molecule has 0 saturated carbocycles. The average molecular weight is 286 g/mol. The first-order valence-corrected chi connectivity index (χ1v) is 6.98. The molecule has 0 spiro atoms. The molecule has 0 aliphatic carbocycles. The van der Waals surface area contributed by atoms with Gasteiger partial charge in [0.15, 0.2) is 4.77 Å². The Bertz CT molecular complexity index is 813. The number of H-pyrrole nitrogens is 1. The molecular weight excluding hydrogens is 271 g/mol. The van der Waals surface area contributed by atoms with E-state index in [-0.39, 0.29) is 5.82 Å². The monoisotopic (exact) mass is 286 g/mol. The van der Waals surface area contributed by atoms with Crippen molar-refractivity contribution < 1.29 is 4.39 Å². The Balaban J connectivity index is 2.22. The third-order valence-corrected chi connectivity index (χ3v) is 3.77. The van der Waals surface area contributed by atoms with Crippen molar-refractivity contribution in [2.24, 2.45) is 0 Å². The third-order valence-electron chi connectivity index (χ3n) is 3.49. The third kappa shape index (κ3) is 2.06. The topological polar surface area (TPSA) is 20.7 Å². The summed E-state index contributed by atoms with van der Waals surface area (Å²) < 4.78 is 16.1. The zero-order chi connectivity index (χ0) is 14.3. The highest BCUT2D eigenvalue weighted by atomic mass is 32.1. The van der Waals surface area contributed by atoms with Gasteiger partial charge in [0.2, 0.25) is 0 Å². The van der Waals surface area contributed by atoms with Crippen molar-refractivity contribution in [3.8, 4) is 5.69 Å². The summed E-state index contributed by atoms with van der Waals surface area (Å²) in [5.41, 5.74) is 3.42. The number of benzene rings is 2. The zero-order valence-corrected chi connectivity index (χ0v) is 12.2. The number of rotatable bonds is 2. The van der Waals surface area contributed by atoms with Crippen molar-refractivity contribution in [2.75, 3.05) is 0 Å². The van der Waals surface area contributed by atoms with Crippen molar-refractivity contribution >= 4 is 23.3 Å². The fraction of sp³-hybridized carbons (Fsp3) is 0.188. The predicted molar refractivity (Wildman–Crippen MR) is 82.5 cm³/mol. The molecule has 0 unspecified atom stereocenters. The number of hydrogen-bond donors (Lipinski definition) is 1. The molecule has 3 aromatic rings. The van der Waals surface area contributed by atoms with E-state index in [1.54, 1.807) is 6.07 Å². The van der Waals surface area contributed by atoms with E-state index in [0.717, 1.165) is 11.2 Å². The Kier molecular flexibility index (Phi) is 3.18. The number of aromatic amines is 1. The molecule has 0 saturated heterocycles. The molecule has 0 aliphatic rings. The quantitative estimate of drug-likeness (QED) is 0.661. The van der Waals surface area contributed by atoms with Crippen LogP contribution in [0.2, 0.25) is 0 Å². The molecule has 1 aromatic heterocycles. The summed E-state index contributed by atoms with van der Waals surface area (Å²) in [7, 11) is 0. The Hall–Kier alpha value is -1.94. The van der Waals surface area contributed by atoms with Crippen LogP contribution in [-0.4, -0.2) is 9.55 Å². The van der Waals surface area contributed by atoms with E-state index < -0.39 is 0 Å². The van der Waals surface area contributed by atoms with E-state index in [1.165, 1.54) is 11.6 Å². The zero-order valence-electron chi connectivity index (χ0n) is 11.4. The summed E-state index contributed by atoms with van der Waals surface area (Å²) in [6.07, 6.45) is 0. The molecule has 2 nitrogen and oxygen atoms in total. The molecule has 4 heteroatoms. The van der Waals surface area contributed by atoms with Crippen LogP contribution in [0.4, 0.5) is 4.39 Å². The average Bonchev–Trinajstić information content (AvgIpc) is 2.77. The lowest BCUT2D eigenvalue weighted by Gasteiger charge is -2.08. The van der Waals surface area contributed by atoms with Gasteiger partial charge in [-0.05, 0) is 48.0 Å². The van der Waals surface area contributed by atoms with E-state index in [9.17, 15) is 4.39 Å². The lowest BCUT2D eigenvalue weighted by molar-refractivity contribution is 0.637. The van der Waals surface area contributed by atoms with Crippen molar-refractivity contribution in [3.05, 3.63) is 58.6 Å². The number of halogens is 1. The first-order chi connectivity index (χ1) is 9.58. The molecule has 102 valence electrons. The standard InChI is InChI=1S/C16H15FN2S/c1-10(2)11-6-8-12(9-7-11)19-14-5-3-4-13(17)15(14)18-16(19)20/h3-10H,1-2H3,(H,18,20). The lowest BCUT2D eigenvalue weighted by atomic mass is 10.0. The maximum Gasteiger partial charge on any atom is 0.182 e. The molecule has 2 aromatic carbocycles. The van der Waals surface area contributed by atoms with Crippen molar-refractivity contribution in [1.82, 2.24) is 9.55 Å². The van der Waals surface area contributed by atoms with Gasteiger partial charge in [-0.1, -0.05) is 32.0 Å². The van der Waals surface area contributed by atoms with Crippen LogP contribution in [0.25, 0.3) is 16.7 Å². The Labute approximate surface area is 121 Å². The predicted octanol–water partition coefficient (Wildman–Crippen LogP) is 4.95. The molecule has 0 radical (unpaired) electrons. The molecule has 1 N–H and O–H groups in total. The summed E-state index contributed by atoms with van der Waals surface area (Å²) >= 11 is 5.32. The van der Waals surface area contributed by atoms with E-state index in [4.69, 9.17) is 12.2 Å². The summed E-state index contributed by atoms with van der Waals surface area (Å²) in [6, 6.07) is 13.2. The lowest BCUT2D eigenvalue weighted by Crippen LogP contribution is -1.95. The first-order valence-electron chi connectivity index (χ1n) is 6.57. The number of hydrogen-bond acceptors (Lipinski definition) is 1. The van der Waals surface area contributed by atoms with E-state index in [0.29, 0.717) is 16.2 Å². The second-order valence-corrected chi connectivity index (χ2v) is 5.53. The van der Waals surface area contributed by atoms with E-state index >= 15 is 0 Å². The number of para-hydroxylation sites is 1. The summed E-state index contributed by atoms with van der Waals surface area (Å²) in [5.74, 6) is 0.198. The highest BCUT2D eigenvalue weighted by Crippen LogP contribution is 2.23. The fourth-order valence-corrected chi connectivity index (χ4v) is 2.67. The molecule has 0 amide bonds. The molecule has 3 rings (SSSR count). The fourth-order valence-electron chi connectivity index (χ4n) is 2.36. The number of fused-ring (bicyclic) bond motifs is 1. The van der Waals surface area contributed by atoms with Crippen LogP contribution in [0.3, 0.4) is 0 Å². The molecule has 0 fully saturated rings. The smallest absolute Gasteiger partial charge is 0.182 e. The number of aromatic nitrogens is 2. The molecule has 1 heterocycles. The normalized spacial score (nSPS) is 11.4. The SMILES string of the molecule is CC(C)c1ccc(-n2c(=S)[nH]c3c(F)cccc32)cc1. The van der Waals surface area contributed by atoms with E-state index in [1.807, 2.05) is 22.8 Å². The number of nitrogens with one attached hydrogen (secondary N) is 1. The van der Waals surface area contributed by atoms with Gasteiger partial charge in [0, 0.05) is 5.69 Å². The van der Waals surface area contributed by atoms with Gasteiger partial charge in [-0.2, -0.15) is 0 Å². The minimum Gasteiger partial charge on any atom is -0.328 e. The van der Waals surface area contributed by atoms with Crippen LogP contribution in [0.5, 0.6) is 0 Å². The van der Waals surface area contributed by atoms with Gasteiger partial charge in [-0.3, -0.25) is 4.57 Å². The van der Waals surface area contributed by atoms with Gasteiger partial charge >= 0.3 is 0 Å².